The fourth-order valence-corrected chi connectivity index (χ4v) is 8.47. The van der Waals surface area contributed by atoms with Gasteiger partial charge in [-0.2, -0.15) is 0 Å². The van der Waals surface area contributed by atoms with Gasteiger partial charge >= 0.3 is 13.8 Å². The Morgan fingerprint density at radius 3 is 1.28 bits per heavy atom. The Hall–Kier alpha value is -1.54. The molecule has 0 aromatic carbocycles. The van der Waals surface area contributed by atoms with Gasteiger partial charge in [0.25, 0.3) is 0 Å². The van der Waals surface area contributed by atoms with Crippen molar-refractivity contribution in [2.45, 2.75) is 264 Å². The lowest BCUT2D eigenvalue weighted by Crippen LogP contribution is -2.28. The Balaban J connectivity index is 3.90. The quantitative estimate of drug-likeness (QED) is 0.0268. The molecule has 0 heterocycles. The molecule has 0 saturated heterocycles. The highest BCUT2D eigenvalue weighted by molar-refractivity contribution is 7.47. The maximum atomic E-state index is 12.7. The zero-order valence-corrected chi connectivity index (χ0v) is 42.9. The van der Waals surface area contributed by atoms with Crippen LogP contribution in [0, 0.1) is 0 Å². The standard InChI is InChI=1S/C55H104NO7P/c1-3-5-7-9-11-13-15-17-19-21-23-24-25-26-27-28-29-31-33-35-37-39-41-43-45-47-50-60-52-54(53-62-64(58,59)61-51-49-56)63-55(57)48-46-44-42-40-38-36-34-32-30-22-20-18-16-14-12-10-8-6-4-2/h12,14,18,20-21,23,30,32,54H,3-11,13,15-17,19,22,24-29,31,33-53,56H2,1-2H3,(H,58,59)/b14-12-,20-18-,23-21-,32-30-. The fourth-order valence-electron chi connectivity index (χ4n) is 7.71. The monoisotopic (exact) mass is 922 g/mol. The van der Waals surface area contributed by atoms with Gasteiger partial charge in [0.1, 0.15) is 6.10 Å². The second-order valence-electron chi connectivity index (χ2n) is 18.1. The summed E-state index contributed by atoms with van der Waals surface area (Å²) < 4.78 is 33.6. The van der Waals surface area contributed by atoms with Crippen molar-refractivity contribution in [3.63, 3.8) is 0 Å². The van der Waals surface area contributed by atoms with E-state index in [9.17, 15) is 14.3 Å². The lowest BCUT2D eigenvalue weighted by Gasteiger charge is -2.20. The average Bonchev–Trinajstić information content (AvgIpc) is 3.29. The molecule has 64 heavy (non-hydrogen) atoms. The highest BCUT2D eigenvalue weighted by Gasteiger charge is 2.25. The molecule has 9 heteroatoms. The third-order valence-corrected chi connectivity index (χ3v) is 12.7. The van der Waals surface area contributed by atoms with Gasteiger partial charge in [0, 0.05) is 19.6 Å². The van der Waals surface area contributed by atoms with Gasteiger partial charge in [0.2, 0.25) is 0 Å². The first-order valence-electron chi connectivity index (χ1n) is 27.1. The van der Waals surface area contributed by atoms with Gasteiger partial charge in [-0.15, -0.1) is 0 Å². The molecule has 0 fully saturated rings. The Bertz CT molecular complexity index is 1130. The van der Waals surface area contributed by atoms with Crippen molar-refractivity contribution < 1.29 is 32.8 Å². The summed E-state index contributed by atoms with van der Waals surface area (Å²) in [7, 11) is -4.29. The number of rotatable bonds is 52. The van der Waals surface area contributed by atoms with Crippen LogP contribution in [0.4, 0.5) is 0 Å². The van der Waals surface area contributed by atoms with Gasteiger partial charge in [-0.1, -0.05) is 223 Å². The summed E-state index contributed by atoms with van der Waals surface area (Å²) >= 11 is 0. The number of allylic oxidation sites excluding steroid dienone is 8. The molecular formula is C55H104NO7P. The number of hydrogen-bond donors (Lipinski definition) is 2. The maximum Gasteiger partial charge on any atom is 0.472 e. The van der Waals surface area contributed by atoms with Crippen molar-refractivity contribution in [2.75, 3.05) is 33.0 Å². The molecule has 0 spiro atoms. The highest BCUT2D eigenvalue weighted by Crippen LogP contribution is 2.43. The Morgan fingerprint density at radius 2 is 0.828 bits per heavy atom. The van der Waals surface area contributed by atoms with E-state index < -0.39 is 13.9 Å². The normalized spacial score (nSPS) is 13.6. The third-order valence-electron chi connectivity index (χ3n) is 11.7. The van der Waals surface area contributed by atoms with Gasteiger partial charge in [-0.25, -0.2) is 4.57 Å². The van der Waals surface area contributed by atoms with Crippen LogP contribution in [0.5, 0.6) is 0 Å². The van der Waals surface area contributed by atoms with Crippen LogP contribution >= 0.6 is 7.82 Å². The third kappa shape index (κ3) is 51.4. The predicted octanol–water partition coefficient (Wildman–Crippen LogP) is 17.1. The summed E-state index contributed by atoms with van der Waals surface area (Å²) in [4.78, 5) is 22.6. The summed E-state index contributed by atoms with van der Waals surface area (Å²) in [6.45, 7) is 4.91. The number of carbonyl (C=O) groups is 1. The molecule has 0 amide bonds. The minimum absolute atomic E-state index is 0.0975. The van der Waals surface area contributed by atoms with Crippen LogP contribution in [0.2, 0.25) is 0 Å². The number of ether oxygens (including phenoxy) is 2. The average molecular weight is 922 g/mol. The van der Waals surface area contributed by atoms with E-state index in [1.54, 1.807) is 0 Å². The SMILES string of the molecule is CCCCC/C=C\C/C=C\C/C=C\CCCCCCCCC(=O)OC(COCCCCCCCCCCCCCCCC/C=C\CCCCCCCCCC)COP(=O)(O)OCCN. The summed E-state index contributed by atoms with van der Waals surface area (Å²) in [6, 6.07) is 0. The topological polar surface area (TPSA) is 117 Å². The first kappa shape index (κ1) is 62.5. The number of carbonyl (C=O) groups excluding carboxylic acids is 1. The van der Waals surface area contributed by atoms with Crippen LogP contribution in [0.15, 0.2) is 48.6 Å². The summed E-state index contributed by atoms with van der Waals surface area (Å²) in [6.07, 6.45) is 64.4. The molecule has 0 bridgehead atoms. The highest BCUT2D eigenvalue weighted by atomic mass is 31.2. The van der Waals surface area contributed by atoms with E-state index in [1.807, 2.05) is 0 Å². The minimum Gasteiger partial charge on any atom is -0.457 e. The molecule has 0 rings (SSSR count). The van der Waals surface area contributed by atoms with Crippen LogP contribution < -0.4 is 5.73 Å². The molecule has 0 radical (unpaired) electrons. The smallest absolute Gasteiger partial charge is 0.457 e. The lowest BCUT2D eigenvalue weighted by molar-refractivity contribution is -0.154. The van der Waals surface area contributed by atoms with Gasteiger partial charge in [-0.3, -0.25) is 13.8 Å². The molecule has 0 aliphatic rings. The van der Waals surface area contributed by atoms with Crippen molar-refractivity contribution in [3.05, 3.63) is 48.6 Å². The van der Waals surface area contributed by atoms with E-state index in [2.05, 4.69) is 62.5 Å². The molecule has 0 aromatic rings. The van der Waals surface area contributed by atoms with Crippen LogP contribution in [0.3, 0.4) is 0 Å². The molecule has 2 unspecified atom stereocenters. The summed E-state index contributed by atoms with van der Waals surface area (Å²) in [5, 5.41) is 0. The Labute approximate surface area is 396 Å². The van der Waals surface area contributed by atoms with Crippen LogP contribution in [-0.2, 0) is 27.9 Å². The molecule has 8 nitrogen and oxygen atoms in total. The first-order valence-corrected chi connectivity index (χ1v) is 28.6. The van der Waals surface area contributed by atoms with Crippen molar-refractivity contribution >= 4 is 13.8 Å². The van der Waals surface area contributed by atoms with Gasteiger partial charge in [0.15, 0.2) is 0 Å². The van der Waals surface area contributed by atoms with Crippen LogP contribution in [-0.4, -0.2) is 49.9 Å². The molecule has 2 atom stereocenters. The molecule has 3 N–H and O–H groups in total. The maximum absolute atomic E-state index is 12.7. The van der Waals surface area contributed by atoms with Crippen LogP contribution in [0.1, 0.15) is 258 Å². The number of phosphoric acid groups is 1. The van der Waals surface area contributed by atoms with E-state index in [-0.39, 0.29) is 32.3 Å². The molecule has 376 valence electrons. The Morgan fingerprint density at radius 1 is 0.469 bits per heavy atom. The lowest BCUT2D eigenvalue weighted by atomic mass is 10.0. The molecule has 0 aliphatic carbocycles. The van der Waals surface area contributed by atoms with E-state index >= 15 is 0 Å². The Kier molecular flexibility index (Phi) is 51.2. The predicted molar refractivity (Wildman–Crippen MR) is 275 cm³/mol. The zero-order valence-electron chi connectivity index (χ0n) is 42.0. The number of phosphoric ester groups is 1. The van der Waals surface area contributed by atoms with E-state index in [0.717, 1.165) is 57.8 Å². The number of nitrogens with two attached hydrogens (primary N) is 1. The van der Waals surface area contributed by atoms with Crippen molar-refractivity contribution in [2.24, 2.45) is 5.73 Å². The van der Waals surface area contributed by atoms with Gasteiger partial charge < -0.3 is 20.1 Å². The number of unbranched alkanes of at least 4 members (excludes halogenated alkanes) is 31. The van der Waals surface area contributed by atoms with Crippen LogP contribution in [0.25, 0.3) is 0 Å². The van der Waals surface area contributed by atoms with Crippen molar-refractivity contribution in [1.29, 1.82) is 0 Å². The van der Waals surface area contributed by atoms with Gasteiger partial charge in [0.05, 0.1) is 19.8 Å². The molecular weight excluding hydrogens is 818 g/mol. The van der Waals surface area contributed by atoms with Gasteiger partial charge in [-0.05, 0) is 77.0 Å². The second-order valence-corrected chi connectivity index (χ2v) is 19.5. The van der Waals surface area contributed by atoms with E-state index in [0.29, 0.717) is 13.0 Å². The molecule has 0 aromatic heterocycles. The first-order chi connectivity index (χ1) is 31.4. The molecule has 0 saturated carbocycles. The minimum atomic E-state index is -4.29. The van der Waals surface area contributed by atoms with Crippen molar-refractivity contribution in [3.8, 4) is 0 Å². The zero-order chi connectivity index (χ0) is 46.5. The fraction of sp³-hybridized carbons (Fsp3) is 0.836. The summed E-state index contributed by atoms with van der Waals surface area (Å²) in [5.74, 6) is -0.340. The summed E-state index contributed by atoms with van der Waals surface area (Å²) in [5.41, 5.74) is 5.39. The molecule has 0 aliphatic heterocycles. The number of esters is 1. The number of hydrogen-bond acceptors (Lipinski definition) is 7. The van der Waals surface area contributed by atoms with E-state index in [4.69, 9.17) is 24.3 Å². The van der Waals surface area contributed by atoms with Crippen molar-refractivity contribution in [1.82, 2.24) is 0 Å². The largest absolute Gasteiger partial charge is 0.472 e. The van der Waals surface area contributed by atoms with E-state index in [1.165, 1.54) is 180 Å². The second kappa shape index (κ2) is 52.4.